The number of carbonyl (C=O) groups is 1. The summed E-state index contributed by atoms with van der Waals surface area (Å²) >= 11 is 6.53. The number of nitrogens with one attached hydrogen (secondary N) is 2. The summed E-state index contributed by atoms with van der Waals surface area (Å²) in [5.74, 6) is -5.70. The summed E-state index contributed by atoms with van der Waals surface area (Å²) in [6, 6.07) is 5.39. The van der Waals surface area contributed by atoms with Crippen LogP contribution in [0.2, 0.25) is 5.02 Å². The van der Waals surface area contributed by atoms with Crippen molar-refractivity contribution >= 4 is 54.1 Å². The van der Waals surface area contributed by atoms with Gasteiger partial charge in [0, 0.05) is 28.7 Å². The van der Waals surface area contributed by atoms with Crippen molar-refractivity contribution in [3.8, 4) is 23.0 Å². The lowest BCUT2D eigenvalue weighted by atomic mass is 9.93. The quantitative estimate of drug-likeness (QED) is 0.0878. The Hall–Kier alpha value is -5.41. The van der Waals surface area contributed by atoms with Crippen molar-refractivity contribution < 1.29 is 65.5 Å². The van der Waals surface area contributed by atoms with Gasteiger partial charge in [0.1, 0.15) is 40.9 Å². The molecule has 25 heteroatoms. The molecule has 0 spiro atoms. The van der Waals surface area contributed by atoms with Gasteiger partial charge in [0.15, 0.2) is 21.3 Å². The number of fused-ring (bicyclic) bond motifs is 4. The monoisotopic (exact) mass is 1010 g/mol. The van der Waals surface area contributed by atoms with Crippen molar-refractivity contribution in [1.29, 1.82) is 0 Å². The first-order valence-electron chi connectivity index (χ1n) is 20.4. The van der Waals surface area contributed by atoms with Crippen molar-refractivity contribution in [2.24, 2.45) is 5.92 Å². The van der Waals surface area contributed by atoms with Crippen LogP contribution in [0.3, 0.4) is 0 Å². The second-order valence-electron chi connectivity index (χ2n) is 17.0. The third-order valence-electron chi connectivity index (χ3n) is 11.7. The SMILES string of the molecule is CCS(=O)(=O)Nc1nn(CC(F)(F)F)c2c(-c3ccc(C#CC(C)(C)S(=O)(=O)C4CC4)nc3[C@H](Cc3cc(F)cc(F)c3)NC(=O)Cn3nc(C(F)(F)F)c4c3C(F)(F)C3C[C@H]43)ccc(Cl)c12. The molecule has 0 aliphatic heterocycles. The topological polar surface area (TPSA) is 158 Å². The number of alkyl halides is 8. The lowest BCUT2D eigenvalue weighted by molar-refractivity contribution is -0.142. The number of nitrogens with zero attached hydrogens (tertiary/aromatic N) is 5. The maximum absolute atomic E-state index is 15.5. The zero-order chi connectivity index (χ0) is 49.0. The fraction of sp³-hybridized carbons (Fsp3) is 0.429. The number of hydrogen-bond donors (Lipinski definition) is 2. The predicted octanol–water partition coefficient (Wildman–Crippen LogP) is 8.59. The molecule has 2 fully saturated rings. The zero-order valence-corrected chi connectivity index (χ0v) is 37.4. The number of hydrogen-bond acceptors (Lipinski definition) is 8. The molecular weight excluding hydrogens is 972 g/mol. The van der Waals surface area contributed by atoms with E-state index in [1.807, 2.05) is 0 Å². The fourth-order valence-electron chi connectivity index (χ4n) is 8.34. The summed E-state index contributed by atoms with van der Waals surface area (Å²) in [6.45, 7) is 0.879. The van der Waals surface area contributed by atoms with Gasteiger partial charge in [-0.05, 0) is 94.2 Å². The van der Waals surface area contributed by atoms with Gasteiger partial charge in [-0.2, -0.15) is 45.3 Å². The van der Waals surface area contributed by atoms with Crippen LogP contribution in [-0.4, -0.2) is 69.2 Å². The first-order chi connectivity index (χ1) is 31.0. The number of benzene rings is 2. The molecule has 67 heavy (non-hydrogen) atoms. The Kier molecular flexibility index (Phi) is 11.8. The van der Waals surface area contributed by atoms with E-state index in [1.54, 1.807) is 0 Å². The molecule has 5 aromatic rings. The van der Waals surface area contributed by atoms with E-state index >= 15 is 8.78 Å². The molecule has 12 nitrogen and oxygen atoms in total. The molecule has 0 bridgehead atoms. The maximum atomic E-state index is 15.5. The van der Waals surface area contributed by atoms with Crippen LogP contribution in [-0.2, 0) is 56.3 Å². The minimum absolute atomic E-state index is 0.182. The number of pyridine rings is 1. The average Bonchev–Trinajstić information content (AvgIpc) is 4.13. The third-order valence-corrected chi connectivity index (χ3v) is 16.2. The second-order valence-corrected chi connectivity index (χ2v) is 22.2. The molecule has 3 aliphatic rings. The first-order valence-corrected chi connectivity index (χ1v) is 23.9. The Balaban J connectivity index is 1.33. The van der Waals surface area contributed by atoms with E-state index < -0.39 is 137 Å². The van der Waals surface area contributed by atoms with E-state index in [1.165, 1.54) is 45.0 Å². The Morgan fingerprint density at radius 2 is 1.61 bits per heavy atom. The molecular formula is C42H36ClF10N7O5S2. The molecule has 2 aromatic carbocycles. The fourth-order valence-corrected chi connectivity index (χ4v) is 10.9. The van der Waals surface area contributed by atoms with Crippen LogP contribution in [0.1, 0.15) is 85.9 Å². The summed E-state index contributed by atoms with van der Waals surface area (Å²) in [6.07, 6.45) is -10.2. The summed E-state index contributed by atoms with van der Waals surface area (Å²) < 4.78 is 199. The van der Waals surface area contributed by atoms with Crippen molar-refractivity contribution in [2.75, 3.05) is 10.5 Å². The average molecular weight is 1010 g/mol. The van der Waals surface area contributed by atoms with Crippen LogP contribution in [0.15, 0.2) is 42.5 Å². The predicted molar refractivity (Wildman–Crippen MR) is 223 cm³/mol. The number of aromatic nitrogens is 5. The van der Waals surface area contributed by atoms with E-state index in [0.29, 0.717) is 23.6 Å². The van der Waals surface area contributed by atoms with Gasteiger partial charge in [-0.3, -0.25) is 18.9 Å². The largest absolute Gasteiger partial charge is 0.435 e. The van der Waals surface area contributed by atoms with Gasteiger partial charge in [0.05, 0.1) is 38.7 Å². The number of halogens is 11. The molecule has 3 aliphatic carbocycles. The lowest BCUT2D eigenvalue weighted by Gasteiger charge is -2.23. The maximum Gasteiger partial charge on any atom is 0.435 e. The smallest absolute Gasteiger partial charge is 0.346 e. The Labute approximate surface area is 380 Å². The molecule has 3 atom stereocenters. The summed E-state index contributed by atoms with van der Waals surface area (Å²) in [7, 11) is -8.02. The highest BCUT2D eigenvalue weighted by Crippen LogP contribution is 2.68. The van der Waals surface area contributed by atoms with Crippen molar-refractivity contribution in [1.82, 2.24) is 29.9 Å². The summed E-state index contributed by atoms with van der Waals surface area (Å²) in [5, 5.41) is 8.51. The summed E-state index contributed by atoms with van der Waals surface area (Å²) in [5.41, 5.74) is -5.05. The molecule has 0 radical (unpaired) electrons. The van der Waals surface area contributed by atoms with Crippen molar-refractivity contribution in [2.45, 2.75) is 99.8 Å². The normalized spacial score (nSPS) is 18.5. The number of sulfonamides is 1. The van der Waals surface area contributed by atoms with E-state index in [2.05, 4.69) is 37.1 Å². The van der Waals surface area contributed by atoms with E-state index in [-0.39, 0.29) is 49.6 Å². The molecule has 2 saturated carbocycles. The highest BCUT2D eigenvalue weighted by molar-refractivity contribution is 7.94. The third kappa shape index (κ3) is 9.29. The van der Waals surface area contributed by atoms with Gasteiger partial charge >= 0.3 is 12.4 Å². The minimum Gasteiger partial charge on any atom is -0.346 e. The van der Waals surface area contributed by atoms with Crippen LogP contribution in [0, 0.1) is 29.4 Å². The molecule has 0 saturated heterocycles. The number of anilines is 1. The van der Waals surface area contributed by atoms with Crippen LogP contribution < -0.4 is 10.0 Å². The van der Waals surface area contributed by atoms with Gasteiger partial charge in [-0.25, -0.2) is 30.6 Å². The van der Waals surface area contributed by atoms with Gasteiger partial charge < -0.3 is 5.32 Å². The van der Waals surface area contributed by atoms with Gasteiger partial charge in [0.25, 0.3) is 5.92 Å². The minimum atomic E-state index is -5.19. The Morgan fingerprint density at radius 3 is 2.22 bits per heavy atom. The van der Waals surface area contributed by atoms with Crippen LogP contribution in [0.4, 0.5) is 49.7 Å². The second kappa shape index (κ2) is 16.4. The van der Waals surface area contributed by atoms with Gasteiger partial charge in [-0.1, -0.05) is 23.6 Å². The highest BCUT2D eigenvalue weighted by atomic mass is 35.5. The molecule has 1 unspecified atom stereocenters. The van der Waals surface area contributed by atoms with Crippen LogP contribution >= 0.6 is 11.6 Å². The van der Waals surface area contributed by atoms with Gasteiger partial charge in [-0.15, -0.1) is 0 Å². The highest BCUT2D eigenvalue weighted by Gasteiger charge is 2.68. The molecule has 3 aromatic heterocycles. The van der Waals surface area contributed by atoms with Crippen LogP contribution in [0.5, 0.6) is 0 Å². The Bertz CT molecular complexity index is 3140. The van der Waals surface area contributed by atoms with Crippen molar-refractivity contribution in [3.05, 3.63) is 93.0 Å². The number of carbonyl (C=O) groups excluding carboxylic acids is 1. The number of sulfone groups is 1. The molecule has 1 amide bonds. The van der Waals surface area contributed by atoms with E-state index in [0.717, 1.165) is 12.1 Å². The molecule has 2 N–H and O–H groups in total. The van der Waals surface area contributed by atoms with Crippen molar-refractivity contribution in [3.63, 3.8) is 0 Å². The molecule has 358 valence electrons. The number of rotatable bonds is 13. The zero-order valence-electron chi connectivity index (χ0n) is 35.1. The summed E-state index contributed by atoms with van der Waals surface area (Å²) in [4.78, 5) is 18.7. The van der Waals surface area contributed by atoms with E-state index in [4.69, 9.17) is 11.6 Å². The Morgan fingerprint density at radius 1 is 0.955 bits per heavy atom. The van der Waals surface area contributed by atoms with Crippen LogP contribution in [0.25, 0.3) is 22.0 Å². The van der Waals surface area contributed by atoms with E-state index in [9.17, 15) is 56.8 Å². The lowest BCUT2D eigenvalue weighted by Crippen LogP contribution is -2.35. The number of amides is 1. The molecule has 8 rings (SSSR count). The van der Waals surface area contributed by atoms with Gasteiger partial charge in [0.2, 0.25) is 15.9 Å². The standard InChI is InChI=1S/C42H36ClF10N7O5S2/c1-4-66(62,63)58-38-33-29(43)10-9-26(35(33)60(57-38)19-40(46,47)48)25-8-5-23(11-12-39(2,3)67(64,65)24-6-7-24)54-34(25)30(15-20-13-21(44)16-22(45)14-20)55-31(61)18-59-37-32(36(56-59)42(51,52)53)27-17-28(27)41(37,49)50/h5,8-10,13-14,16,24,27-28,30H,4,6-7,15,17-19H2,1-3H3,(H,55,61)(H,57,58)/t27-,28?,30-/m0/s1. The molecule has 3 heterocycles. The first kappa shape index (κ1) is 48.1.